The highest BCUT2D eigenvalue weighted by molar-refractivity contribution is 7.13. The van der Waals surface area contributed by atoms with Gasteiger partial charge in [-0.3, -0.25) is 0 Å². The summed E-state index contributed by atoms with van der Waals surface area (Å²) in [5.41, 5.74) is 0.367. The molecule has 0 saturated heterocycles. The molecule has 0 bridgehead atoms. The lowest BCUT2D eigenvalue weighted by molar-refractivity contribution is 0.0595. The first kappa shape index (κ1) is 13.0. The summed E-state index contributed by atoms with van der Waals surface area (Å²) in [4.78, 5) is 15.4. The van der Waals surface area contributed by atoms with Gasteiger partial charge in [0.2, 0.25) is 0 Å². The van der Waals surface area contributed by atoms with E-state index in [-0.39, 0.29) is 5.97 Å². The van der Waals surface area contributed by atoms with E-state index in [9.17, 15) is 4.79 Å². The van der Waals surface area contributed by atoms with Crippen molar-refractivity contribution in [3.63, 3.8) is 0 Å². The van der Waals surface area contributed by atoms with Crippen molar-refractivity contribution in [2.24, 2.45) is 5.92 Å². The van der Waals surface area contributed by atoms with Gasteiger partial charge < -0.3 is 10.1 Å². The summed E-state index contributed by atoms with van der Waals surface area (Å²) in [5, 5.41) is 5.77. The molecule has 4 nitrogen and oxygen atoms in total. The number of nitrogens with zero attached hydrogens (tertiary/aromatic N) is 1. The monoisotopic (exact) mass is 242 g/mol. The van der Waals surface area contributed by atoms with E-state index in [2.05, 4.69) is 35.8 Å². The van der Waals surface area contributed by atoms with E-state index in [0.717, 1.165) is 11.6 Å². The molecule has 0 aromatic carbocycles. The van der Waals surface area contributed by atoms with Crippen LogP contribution < -0.4 is 5.32 Å². The van der Waals surface area contributed by atoms with Gasteiger partial charge in [0.25, 0.3) is 0 Å². The van der Waals surface area contributed by atoms with Gasteiger partial charge in [-0.15, -0.1) is 11.3 Å². The molecular weight excluding hydrogens is 224 g/mol. The number of aromatic nitrogens is 1. The third kappa shape index (κ3) is 3.20. The van der Waals surface area contributed by atoms with Crippen LogP contribution in [0.25, 0.3) is 0 Å². The Labute approximate surface area is 100 Å². The van der Waals surface area contributed by atoms with E-state index in [0.29, 0.717) is 17.7 Å². The zero-order valence-corrected chi connectivity index (χ0v) is 10.9. The first-order chi connectivity index (χ1) is 7.58. The standard InChI is InChI=1S/C11H18N2O2S/c1-5-7(2)8(3)12-11-13-9(6-16-11)10(14)15-4/h6-8H,5H2,1-4H3,(H,12,13). The molecule has 2 unspecified atom stereocenters. The number of nitrogens with one attached hydrogen (secondary N) is 1. The van der Waals surface area contributed by atoms with Crippen molar-refractivity contribution in [1.29, 1.82) is 0 Å². The lowest BCUT2D eigenvalue weighted by Gasteiger charge is -2.18. The molecule has 2 atom stereocenters. The fourth-order valence-corrected chi connectivity index (χ4v) is 2.01. The third-order valence-electron chi connectivity index (χ3n) is 2.75. The lowest BCUT2D eigenvalue weighted by Crippen LogP contribution is -2.23. The maximum absolute atomic E-state index is 11.2. The molecule has 0 radical (unpaired) electrons. The summed E-state index contributed by atoms with van der Waals surface area (Å²) in [7, 11) is 1.36. The van der Waals surface area contributed by atoms with Gasteiger partial charge in [-0.1, -0.05) is 20.3 Å². The molecule has 0 amide bonds. The highest BCUT2D eigenvalue weighted by Gasteiger charge is 2.14. The number of anilines is 1. The maximum Gasteiger partial charge on any atom is 0.357 e. The molecule has 0 fully saturated rings. The molecule has 0 aliphatic rings. The molecule has 0 aliphatic carbocycles. The molecule has 1 N–H and O–H groups in total. The summed E-state index contributed by atoms with van der Waals surface area (Å²) in [5.74, 6) is 0.186. The van der Waals surface area contributed by atoms with Gasteiger partial charge in [-0.25, -0.2) is 9.78 Å². The van der Waals surface area contributed by atoms with Crippen molar-refractivity contribution in [3.8, 4) is 0 Å². The molecule has 0 spiro atoms. The fourth-order valence-electron chi connectivity index (χ4n) is 1.23. The summed E-state index contributed by atoms with van der Waals surface area (Å²) in [6.07, 6.45) is 1.11. The summed E-state index contributed by atoms with van der Waals surface area (Å²) in [6, 6.07) is 0.349. The molecule has 1 rings (SSSR count). The molecule has 1 aromatic heterocycles. The van der Waals surface area contributed by atoms with Crippen molar-refractivity contribution in [2.75, 3.05) is 12.4 Å². The number of hydrogen-bond donors (Lipinski definition) is 1. The van der Waals surface area contributed by atoms with E-state index >= 15 is 0 Å². The van der Waals surface area contributed by atoms with Crippen LogP contribution in [0.2, 0.25) is 0 Å². The number of carbonyl (C=O) groups excluding carboxylic acids is 1. The lowest BCUT2D eigenvalue weighted by atomic mass is 10.0. The minimum absolute atomic E-state index is 0.349. The number of hydrogen-bond acceptors (Lipinski definition) is 5. The van der Waals surface area contributed by atoms with E-state index < -0.39 is 0 Å². The van der Waals surface area contributed by atoms with Gasteiger partial charge in [0.05, 0.1) is 7.11 Å². The van der Waals surface area contributed by atoms with Crippen molar-refractivity contribution >= 4 is 22.4 Å². The number of esters is 1. The molecule has 0 aliphatic heterocycles. The summed E-state index contributed by atoms with van der Waals surface area (Å²) in [6.45, 7) is 6.46. The number of thiazole rings is 1. The van der Waals surface area contributed by atoms with E-state index in [1.165, 1.54) is 18.4 Å². The average Bonchev–Trinajstić information content (AvgIpc) is 2.75. The van der Waals surface area contributed by atoms with Gasteiger partial charge in [0.1, 0.15) is 0 Å². The van der Waals surface area contributed by atoms with Crippen LogP contribution in [0.15, 0.2) is 5.38 Å². The zero-order valence-electron chi connectivity index (χ0n) is 10.1. The van der Waals surface area contributed by atoms with Crippen LogP contribution >= 0.6 is 11.3 Å². The second-order valence-corrected chi connectivity index (χ2v) is 4.71. The van der Waals surface area contributed by atoms with Crippen molar-refractivity contribution in [1.82, 2.24) is 4.98 Å². The molecular formula is C11H18N2O2S. The molecule has 5 heteroatoms. The normalized spacial score (nSPS) is 14.2. The predicted molar refractivity (Wildman–Crippen MR) is 66.0 cm³/mol. The minimum Gasteiger partial charge on any atom is -0.464 e. The Hall–Kier alpha value is -1.10. The molecule has 1 heterocycles. The van der Waals surface area contributed by atoms with Crippen LogP contribution in [0.1, 0.15) is 37.7 Å². The molecule has 90 valence electrons. The Morgan fingerprint density at radius 3 is 2.88 bits per heavy atom. The predicted octanol–water partition coefficient (Wildman–Crippen LogP) is 2.78. The topological polar surface area (TPSA) is 51.2 Å². The van der Waals surface area contributed by atoms with Crippen LogP contribution in [0.5, 0.6) is 0 Å². The largest absolute Gasteiger partial charge is 0.464 e. The summed E-state index contributed by atoms with van der Waals surface area (Å²) >= 11 is 1.43. The first-order valence-electron chi connectivity index (χ1n) is 5.38. The maximum atomic E-state index is 11.2. The number of carbonyl (C=O) groups is 1. The molecule has 0 saturated carbocycles. The van der Waals surface area contributed by atoms with Gasteiger partial charge in [-0.05, 0) is 12.8 Å². The van der Waals surface area contributed by atoms with Gasteiger partial charge in [0, 0.05) is 11.4 Å². The van der Waals surface area contributed by atoms with Crippen LogP contribution in [-0.2, 0) is 4.74 Å². The van der Waals surface area contributed by atoms with Crippen LogP contribution in [0.4, 0.5) is 5.13 Å². The quantitative estimate of drug-likeness (QED) is 0.807. The highest BCUT2D eigenvalue weighted by Crippen LogP contribution is 2.19. The van der Waals surface area contributed by atoms with Crippen LogP contribution in [0.3, 0.4) is 0 Å². The van der Waals surface area contributed by atoms with E-state index in [1.807, 2.05) is 0 Å². The van der Waals surface area contributed by atoms with Gasteiger partial charge >= 0.3 is 5.97 Å². The highest BCUT2D eigenvalue weighted by atomic mass is 32.1. The van der Waals surface area contributed by atoms with Crippen LogP contribution in [-0.4, -0.2) is 24.1 Å². The SMILES string of the molecule is CCC(C)C(C)Nc1nc(C(=O)OC)cs1. The number of methoxy groups -OCH3 is 1. The molecule has 1 aromatic rings. The Balaban J connectivity index is 2.61. The van der Waals surface area contributed by atoms with Crippen molar-refractivity contribution in [2.45, 2.75) is 33.2 Å². The Morgan fingerprint density at radius 2 is 2.31 bits per heavy atom. The van der Waals surface area contributed by atoms with Crippen LogP contribution in [0, 0.1) is 5.92 Å². The average molecular weight is 242 g/mol. The number of rotatable bonds is 5. The fraction of sp³-hybridized carbons (Fsp3) is 0.636. The van der Waals surface area contributed by atoms with E-state index in [1.54, 1.807) is 5.38 Å². The third-order valence-corrected chi connectivity index (χ3v) is 3.52. The Morgan fingerprint density at radius 1 is 1.62 bits per heavy atom. The second-order valence-electron chi connectivity index (χ2n) is 3.85. The Kier molecular flexibility index (Phi) is 4.73. The van der Waals surface area contributed by atoms with Gasteiger partial charge in [0.15, 0.2) is 10.8 Å². The summed E-state index contributed by atoms with van der Waals surface area (Å²) < 4.78 is 4.60. The number of ether oxygens (including phenoxy) is 1. The second kappa shape index (κ2) is 5.84. The first-order valence-corrected chi connectivity index (χ1v) is 6.26. The minimum atomic E-state index is -0.388. The van der Waals surface area contributed by atoms with E-state index in [4.69, 9.17) is 0 Å². The molecule has 16 heavy (non-hydrogen) atoms. The smallest absolute Gasteiger partial charge is 0.357 e. The van der Waals surface area contributed by atoms with Crippen molar-refractivity contribution in [3.05, 3.63) is 11.1 Å². The zero-order chi connectivity index (χ0) is 12.1. The van der Waals surface area contributed by atoms with Crippen molar-refractivity contribution < 1.29 is 9.53 Å². The van der Waals surface area contributed by atoms with Gasteiger partial charge in [-0.2, -0.15) is 0 Å². The Bertz CT molecular complexity index is 352.